The van der Waals surface area contributed by atoms with Crippen molar-refractivity contribution >= 4 is 33.4 Å². The molecule has 5 aliphatic heterocycles. The number of carbonyl (C=O) groups is 1. The number of amides is 1. The molecule has 0 unspecified atom stereocenters. The Balaban J connectivity index is 1.09. The first-order valence-electron chi connectivity index (χ1n) is 17.2. The average Bonchev–Trinajstić information content (AvgIpc) is 3.87. The zero-order valence-corrected chi connectivity index (χ0v) is 26.3. The molecular weight excluding hydrogens is 576 g/mol. The molecular formula is C37H42N6O3. The van der Waals surface area contributed by atoms with E-state index in [9.17, 15) is 9.90 Å². The summed E-state index contributed by atoms with van der Waals surface area (Å²) in [7, 11) is 0. The van der Waals surface area contributed by atoms with Crippen LogP contribution < -0.4 is 15.0 Å². The summed E-state index contributed by atoms with van der Waals surface area (Å²) in [5.41, 5.74) is 2.89. The van der Waals surface area contributed by atoms with Crippen molar-refractivity contribution in [2.45, 2.75) is 62.6 Å². The Morgan fingerprint density at radius 3 is 2.54 bits per heavy atom. The zero-order chi connectivity index (χ0) is 30.8. The SMILES string of the molecule is O=C([C@H]1CCNC1)N1[C@@H]2CC[C@H]1CN(c1nc(OCC34CCCN3CCC4)nc3cc(-c4cc(O)cc5ccccc45)ccc13)C2. The molecule has 0 spiro atoms. The highest BCUT2D eigenvalue weighted by molar-refractivity contribution is 6.01. The molecule has 2 N–H and O–H groups in total. The smallest absolute Gasteiger partial charge is 0.319 e. The predicted molar refractivity (Wildman–Crippen MR) is 179 cm³/mol. The molecule has 46 heavy (non-hydrogen) atoms. The highest BCUT2D eigenvalue weighted by atomic mass is 16.5. The van der Waals surface area contributed by atoms with E-state index in [1.807, 2.05) is 30.3 Å². The number of nitrogens with zero attached hydrogens (tertiary/aromatic N) is 5. The minimum absolute atomic E-state index is 0.0982. The van der Waals surface area contributed by atoms with Gasteiger partial charge in [-0.2, -0.15) is 9.97 Å². The third-order valence-electron chi connectivity index (χ3n) is 11.5. The highest BCUT2D eigenvalue weighted by Gasteiger charge is 2.46. The Kier molecular flexibility index (Phi) is 6.82. The molecule has 6 heterocycles. The molecule has 4 aromatic rings. The van der Waals surface area contributed by atoms with E-state index in [1.165, 1.54) is 12.8 Å². The van der Waals surface area contributed by atoms with E-state index in [0.29, 0.717) is 18.5 Å². The number of benzene rings is 3. The van der Waals surface area contributed by atoms with Crippen LogP contribution in [0.1, 0.15) is 44.9 Å². The van der Waals surface area contributed by atoms with Crippen molar-refractivity contribution in [2.75, 3.05) is 50.8 Å². The minimum atomic E-state index is 0.0982. The van der Waals surface area contributed by atoms with Crippen molar-refractivity contribution in [3.8, 4) is 22.9 Å². The van der Waals surface area contributed by atoms with Gasteiger partial charge >= 0.3 is 6.01 Å². The Morgan fingerprint density at radius 2 is 1.76 bits per heavy atom. The lowest BCUT2D eigenvalue weighted by Gasteiger charge is -2.42. The van der Waals surface area contributed by atoms with Gasteiger partial charge in [-0.05, 0) is 111 Å². The summed E-state index contributed by atoms with van der Waals surface area (Å²) in [5.74, 6) is 1.57. The average molecular weight is 619 g/mol. The van der Waals surface area contributed by atoms with Crippen molar-refractivity contribution in [1.82, 2.24) is 25.1 Å². The topological polar surface area (TPSA) is 94.1 Å². The number of fused-ring (bicyclic) bond motifs is 5. The summed E-state index contributed by atoms with van der Waals surface area (Å²) in [4.78, 5) is 30.9. The van der Waals surface area contributed by atoms with Gasteiger partial charge in [0, 0.05) is 37.1 Å². The molecule has 3 atom stereocenters. The van der Waals surface area contributed by atoms with Crippen LogP contribution in [0, 0.1) is 5.92 Å². The quantitative estimate of drug-likeness (QED) is 0.314. The lowest BCUT2D eigenvalue weighted by atomic mass is 9.95. The van der Waals surface area contributed by atoms with E-state index in [4.69, 9.17) is 14.7 Å². The number of rotatable bonds is 6. The van der Waals surface area contributed by atoms with Crippen molar-refractivity contribution in [3.05, 3.63) is 54.6 Å². The lowest BCUT2D eigenvalue weighted by Crippen LogP contribution is -2.57. The number of nitrogens with one attached hydrogen (secondary N) is 1. The molecule has 5 aliphatic rings. The van der Waals surface area contributed by atoms with E-state index >= 15 is 0 Å². The van der Waals surface area contributed by atoms with Gasteiger partial charge < -0.3 is 25.0 Å². The molecule has 2 bridgehead atoms. The van der Waals surface area contributed by atoms with Crippen LogP contribution in [0.15, 0.2) is 54.6 Å². The summed E-state index contributed by atoms with van der Waals surface area (Å²) >= 11 is 0. The second-order valence-corrected chi connectivity index (χ2v) is 14.2. The van der Waals surface area contributed by atoms with Gasteiger partial charge in [0.05, 0.1) is 17.0 Å². The summed E-state index contributed by atoms with van der Waals surface area (Å²) in [5, 5.41) is 17.0. The fourth-order valence-electron chi connectivity index (χ4n) is 9.27. The Bertz CT molecular complexity index is 1800. The van der Waals surface area contributed by atoms with Crippen molar-refractivity contribution in [1.29, 1.82) is 0 Å². The summed E-state index contributed by atoms with van der Waals surface area (Å²) in [6.45, 7) is 6.17. The fourth-order valence-corrected chi connectivity index (χ4v) is 9.27. The number of ether oxygens (including phenoxy) is 1. The van der Waals surface area contributed by atoms with Crippen molar-refractivity contribution in [3.63, 3.8) is 0 Å². The zero-order valence-electron chi connectivity index (χ0n) is 26.3. The van der Waals surface area contributed by atoms with Gasteiger partial charge in [-0.15, -0.1) is 0 Å². The number of carbonyl (C=O) groups excluding carboxylic acids is 1. The maximum atomic E-state index is 13.6. The van der Waals surface area contributed by atoms with Crippen LogP contribution in [0.2, 0.25) is 0 Å². The number of hydrogen-bond acceptors (Lipinski definition) is 8. The van der Waals surface area contributed by atoms with E-state index in [2.05, 4.69) is 44.3 Å². The normalized spacial score (nSPS) is 25.5. The van der Waals surface area contributed by atoms with E-state index in [0.717, 1.165) is 110 Å². The first-order chi connectivity index (χ1) is 22.5. The molecule has 9 nitrogen and oxygen atoms in total. The van der Waals surface area contributed by atoms with Crippen LogP contribution in [0.3, 0.4) is 0 Å². The van der Waals surface area contributed by atoms with Crippen molar-refractivity contribution in [2.24, 2.45) is 5.92 Å². The number of hydrogen-bond donors (Lipinski definition) is 2. The number of anilines is 1. The molecule has 0 aliphatic carbocycles. The van der Waals surface area contributed by atoms with E-state index < -0.39 is 0 Å². The van der Waals surface area contributed by atoms with Crippen LogP contribution in [-0.2, 0) is 4.79 Å². The summed E-state index contributed by atoms with van der Waals surface area (Å²) in [6, 6.07) is 19.0. The largest absolute Gasteiger partial charge is 0.508 e. The predicted octanol–water partition coefficient (Wildman–Crippen LogP) is 4.95. The van der Waals surface area contributed by atoms with Crippen molar-refractivity contribution < 1.29 is 14.6 Å². The van der Waals surface area contributed by atoms with Gasteiger partial charge in [0.25, 0.3) is 0 Å². The third-order valence-corrected chi connectivity index (χ3v) is 11.5. The molecule has 1 amide bonds. The molecule has 3 aromatic carbocycles. The number of phenolic OH excluding ortho intramolecular Hbond substituents is 1. The van der Waals surface area contributed by atoms with Crippen LogP contribution in [0.5, 0.6) is 11.8 Å². The Morgan fingerprint density at radius 1 is 0.957 bits per heavy atom. The molecule has 9 heteroatoms. The molecule has 0 saturated carbocycles. The van der Waals surface area contributed by atoms with Crippen LogP contribution in [0.25, 0.3) is 32.8 Å². The van der Waals surface area contributed by atoms with Crippen LogP contribution in [-0.4, -0.2) is 94.3 Å². The first-order valence-corrected chi connectivity index (χ1v) is 17.2. The lowest BCUT2D eigenvalue weighted by molar-refractivity contribution is -0.138. The molecule has 1 aromatic heterocycles. The monoisotopic (exact) mass is 618 g/mol. The minimum Gasteiger partial charge on any atom is -0.508 e. The number of phenols is 1. The van der Waals surface area contributed by atoms with Gasteiger partial charge in [-0.25, -0.2) is 0 Å². The number of aromatic nitrogens is 2. The third kappa shape index (κ3) is 4.70. The van der Waals surface area contributed by atoms with Crippen LogP contribution in [0.4, 0.5) is 5.82 Å². The van der Waals surface area contributed by atoms with Gasteiger partial charge in [-0.3, -0.25) is 9.69 Å². The second kappa shape index (κ2) is 11.1. The molecule has 5 saturated heterocycles. The molecule has 5 fully saturated rings. The maximum absolute atomic E-state index is 13.6. The molecule has 0 radical (unpaired) electrons. The number of aromatic hydroxyl groups is 1. The first kappa shape index (κ1) is 28.3. The summed E-state index contributed by atoms with van der Waals surface area (Å²) in [6.07, 6.45) is 7.77. The highest BCUT2D eigenvalue weighted by Crippen LogP contribution is 2.41. The second-order valence-electron chi connectivity index (χ2n) is 14.2. The number of piperazine rings is 1. The fraction of sp³-hybridized carbons (Fsp3) is 0.486. The van der Waals surface area contributed by atoms with E-state index in [-0.39, 0.29) is 29.3 Å². The van der Waals surface area contributed by atoms with Gasteiger partial charge in [0.2, 0.25) is 5.91 Å². The van der Waals surface area contributed by atoms with Gasteiger partial charge in [0.1, 0.15) is 18.2 Å². The molecule has 9 rings (SSSR count). The summed E-state index contributed by atoms with van der Waals surface area (Å²) < 4.78 is 6.56. The standard InChI is InChI=1S/C37H42N6O3/c44-29-17-24-5-1-2-6-30(24)32(19-29)25-7-10-31-33(18-25)39-36(46-23-37-12-3-15-42(37)16-4-13-37)40-34(31)41-21-27-8-9-28(22-41)43(27)35(45)26-11-14-38-20-26/h1-2,5-7,10,17-19,26-28,38,44H,3-4,8-9,11-16,20-23H2/t26-,27-,28+/m0/s1. The Labute approximate surface area is 269 Å². The van der Waals surface area contributed by atoms with Crippen LogP contribution >= 0.6 is 0 Å². The molecule has 238 valence electrons. The Hall–Kier alpha value is -3.95. The van der Waals surface area contributed by atoms with E-state index in [1.54, 1.807) is 0 Å². The van der Waals surface area contributed by atoms with Gasteiger partial charge in [0.15, 0.2) is 0 Å². The van der Waals surface area contributed by atoms with Gasteiger partial charge in [-0.1, -0.05) is 30.3 Å². The maximum Gasteiger partial charge on any atom is 0.319 e.